The molecular weight excluding hydrogens is 356 g/mol. The minimum atomic E-state index is 0.976. The van der Waals surface area contributed by atoms with E-state index in [1.54, 1.807) is 0 Å². The Morgan fingerprint density at radius 3 is 2.41 bits per heavy atom. The van der Waals surface area contributed by atoms with Gasteiger partial charge in [-0.2, -0.15) is 0 Å². The molecule has 1 aliphatic heterocycles. The Bertz CT molecular complexity index is 1060. The van der Waals surface area contributed by atoms with E-state index in [1.807, 2.05) is 0 Å². The summed E-state index contributed by atoms with van der Waals surface area (Å²) in [5.41, 5.74) is 6.27. The van der Waals surface area contributed by atoms with Crippen molar-refractivity contribution in [3.63, 3.8) is 0 Å². The van der Waals surface area contributed by atoms with E-state index in [9.17, 15) is 0 Å². The lowest BCUT2D eigenvalue weighted by atomic mass is 9.90. The first kappa shape index (κ1) is 19.5. The van der Waals surface area contributed by atoms with Crippen LogP contribution < -0.4 is 14.8 Å². The average Bonchev–Trinajstić information content (AvgIpc) is 2.74. The molecule has 0 saturated carbocycles. The van der Waals surface area contributed by atoms with Crippen molar-refractivity contribution in [2.45, 2.75) is 33.1 Å². The van der Waals surface area contributed by atoms with E-state index in [-0.39, 0.29) is 0 Å². The normalized spacial score (nSPS) is 14.8. The van der Waals surface area contributed by atoms with Crippen LogP contribution in [0.3, 0.4) is 0 Å². The summed E-state index contributed by atoms with van der Waals surface area (Å²) in [5.74, 6) is 2.04. The summed E-state index contributed by atoms with van der Waals surface area (Å²) in [6.07, 6.45) is 5.62. The second kappa shape index (κ2) is 8.28. The number of anilines is 1. The van der Waals surface area contributed by atoms with E-state index >= 15 is 0 Å². The molecule has 3 heteroatoms. The van der Waals surface area contributed by atoms with Gasteiger partial charge in [0, 0.05) is 31.4 Å². The van der Waals surface area contributed by atoms with Crippen molar-refractivity contribution in [1.82, 2.24) is 4.58 Å². The van der Waals surface area contributed by atoms with Crippen LogP contribution in [-0.2, 0) is 6.42 Å². The van der Waals surface area contributed by atoms with Crippen molar-refractivity contribution in [1.29, 1.82) is 0 Å². The fourth-order valence-corrected chi connectivity index (χ4v) is 4.19. The summed E-state index contributed by atoms with van der Waals surface area (Å²) < 4.78 is 8.87. The number of hydrogen-bond donors (Lipinski definition) is 0. The molecule has 4 rings (SSSR count). The number of benzene rings is 2. The smallest absolute Gasteiger partial charge is 0.203 e. The molecule has 1 heterocycles. The zero-order valence-electron chi connectivity index (χ0n) is 18.0. The Kier molecular flexibility index (Phi) is 5.57. The minimum absolute atomic E-state index is 0.976. The van der Waals surface area contributed by atoms with E-state index in [4.69, 9.17) is 4.42 Å². The lowest BCUT2D eigenvalue weighted by Gasteiger charge is -2.20. The molecule has 1 aromatic carbocycles. The Morgan fingerprint density at radius 2 is 1.72 bits per heavy atom. The average molecular weight is 388 g/mol. The maximum Gasteiger partial charge on any atom is 0.203 e. The Balaban J connectivity index is 1.79. The standard InChI is InChI=1S/C26H31N2O/c1-5-28(6-2)24-15-12-20-17-22-9-7-8-21(26(22)29-25(20)18-24)16-19-10-13-23(14-11-19)27(3)4/h10-18H,5-9H2,1-4H3/q+1. The van der Waals surface area contributed by atoms with Gasteiger partial charge in [-0.1, -0.05) is 12.1 Å². The Labute approximate surface area is 174 Å². The third-order valence-electron chi connectivity index (χ3n) is 5.89. The van der Waals surface area contributed by atoms with Crippen LogP contribution in [0.25, 0.3) is 23.0 Å². The van der Waals surface area contributed by atoms with Gasteiger partial charge in [0.25, 0.3) is 0 Å². The predicted octanol–water partition coefficient (Wildman–Crippen LogP) is 5.14. The molecule has 0 atom stereocenters. The van der Waals surface area contributed by atoms with E-state index in [0.717, 1.165) is 37.5 Å². The third-order valence-corrected chi connectivity index (χ3v) is 5.89. The Hall–Kier alpha value is -2.81. The first-order valence-electron chi connectivity index (χ1n) is 10.7. The molecule has 0 N–H and O–H groups in total. The molecular formula is C26H31N2O+. The minimum Gasteiger partial charge on any atom is -0.456 e. The lowest BCUT2D eigenvalue weighted by Crippen LogP contribution is -2.29. The molecule has 0 radical (unpaired) electrons. The van der Waals surface area contributed by atoms with Crippen molar-refractivity contribution < 1.29 is 4.42 Å². The molecule has 29 heavy (non-hydrogen) atoms. The second-order valence-electron chi connectivity index (χ2n) is 8.00. The molecule has 0 bridgehead atoms. The number of fused-ring (bicyclic) bond motifs is 2. The van der Waals surface area contributed by atoms with Crippen LogP contribution in [0.2, 0.25) is 0 Å². The first-order valence-corrected chi connectivity index (χ1v) is 10.7. The first-order chi connectivity index (χ1) is 14.1. The van der Waals surface area contributed by atoms with Gasteiger partial charge in [-0.25, -0.2) is 4.58 Å². The maximum absolute atomic E-state index is 6.51. The van der Waals surface area contributed by atoms with Gasteiger partial charge in [-0.15, -0.1) is 0 Å². The molecule has 0 aromatic heterocycles. The molecule has 0 saturated heterocycles. The van der Waals surface area contributed by atoms with Crippen LogP contribution in [0.15, 0.2) is 52.9 Å². The van der Waals surface area contributed by atoms with E-state index < -0.39 is 0 Å². The van der Waals surface area contributed by atoms with Crippen molar-refractivity contribution in [3.8, 4) is 11.3 Å². The topological polar surface area (TPSA) is 19.4 Å². The summed E-state index contributed by atoms with van der Waals surface area (Å²) in [7, 11) is 4.14. The van der Waals surface area contributed by atoms with E-state index in [0.29, 0.717) is 0 Å². The van der Waals surface area contributed by atoms with Gasteiger partial charge in [0.1, 0.15) is 24.6 Å². The number of rotatable bonds is 4. The predicted molar refractivity (Wildman–Crippen MR) is 123 cm³/mol. The Morgan fingerprint density at radius 1 is 0.966 bits per heavy atom. The molecule has 3 nitrogen and oxygen atoms in total. The van der Waals surface area contributed by atoms with Gasteiger partial charge in [0.05, 0.1) is 6.07 Å². The number of nitrogens with zero attached hydrogens (tertiary/aromatic N) is 2. The number of allylic oxidation sites excluding steroid dienone is 1. The lowest BCUT2D eigenvalue weighted by molar-refractivity contribution is 0.525. The molecule has 0 unspecified atom stereocenters. The fourth-order valence-electron chi connectivity index (χ4n) is 4.19. The molecule has 150 valence electrons. The fraction of sp³-hybridized carbons (Fsp3) is 0.346. The summed E-state index contributed by atoms with van der Waals surface area (Å²) >= 11 is 0. The maximum atomic E-state index is 6.51. The van der Waals surface area contributed by atoms with Crippen molar-refractivity contribution in [2.24, 2.45) is 0 Å². The van der Waals surface area contributed by atoms with Crippen molar-refractivity contribution in [2.75, 3.05) is 32.1 Å². The van der Waals surface area contributed by atoms with Crippen LogP contribution >= 0.6 is 0 Å². The van der Waals surface area contributed by atoms with Gasteiger partial charge in [-0.3, -0.25) is 0 Å². The highest BCUT2D eigenvalue weighted by atomic mass is 16.3. The van der Waals surface area contributed by atoms with E-state index in [1.165, 1.54) is 39.7 Å². The monoisotopic (exact) mass is 387 g/mol. The third kappa shape index (κ3) is 4.00. The van der Waals surface area contributed by atoms with Gasteiger partial charge < -0.3 is 9.32 Å². The van der Waals surface area contributed by atoms with Crippen LogP contribution in [0, 0.1) is 0 Å². The summed E-state index contributed by atoms with van der Waals surface area (Å²) in [6, 6.07) is 17.7. The zero-order chi connectivity index (χ0) is 20.4. The van der Waals surface area contributed by atoms with Crippen LogP contribution in [0.4, 0.5) is 5.69 Å². The summed E-state index contributed by atoms with van der Waals surface area (Å²) in [6.45, 7) is 6.39. The largest absolute Gasteiger partial charge is 0.456 e. The second-order valence-corrected chi connectivity index (χ2v) is 8.00. The SMILES string of the molecule is CC[N+](CC)=c1ccc2cc3c(oc-2c1)/C(=C/c1ccc(N(C)C)cc1)CCC3. The summed E-state index contributed by atoms with van der Waals surface area (Å²) in [4.78, 5) is 2.13. The van der Waals surface area contributed by atoms with Crippen LogP contribution in [0.1, 0.15) is 43.6 Å². The highest BCUT2D eigenvalue weighted by Gasteiger charge is 2.20. The molecule has 3 aliphatic rings. The molecule has 2 aliphatic carbocycles. The van der Waals surface area contributed by atoms with Gasteiger partial charge in [0.15, 0.2) is 0 Å². The molecule has 0 amide bonds. The van der Waals surface area contributed by atoms with Crippen LogP contribution in [0.5, 0.6) is 0 Å². The van der Waals surface area contributed by atoms with Gasteiger partial charge in [0.2, 0.25) is 5.36 Å². The van der Waals surface area contributed by atoms with Crippen molar-refractivity contribution >= 4 is 17.3 Å². The van der Waals surface area contributed by atoms with Gasteiger partial charge >= 0.3 is 0 Å². The molecule has 0 spiro atoms. The van der Waals surface area contributed by atoms with Crippen molar-refractivity contribution in [3.05, 3.63) is 70.8 Å². The number of hydrogen-bond acceptors (Lipinski definition) is 2. The molecule has 0 fully saturated rings. The van der Waals surface area contributed by atoms with Crippen LogP contribution in [-0.4, -0.2) is 27.2 Å². The van der Waals surface area contributed by atoms with E-state index in [2.05, 4.69) is 92.0 Å². The highest BCUT2D eigenvalue weighted by Crippen LogP contribution is 2.36. The van der Waals surface area contributed by atoms with Gasteiger partial charge in [-0.05, 0) is 80.2 Å². The molecule has 1 aromatic rings. The highest BCUT2D eigenvalue weighted by molar-refractivity contribution is 5.82. The zero-order valence-corrected chi connectivity index (χ0v) is 18.0. The number of aryl methyl sites for hydroxylation is 1. The summed E-state index contributed by atoms with van der Waals surface area (Å²) in [5, 5.41) is 1.23. The quantitative estimate of drug-likeness (QED) is 0.578.